The molecule has 0 rings (SSSR count). The Balaban J connectivity index is 0. The van der Waals surface area contributed by atoms with Crippen molar-refractivity contribution in [1.82, 2.24) is 5.32 Å². The Hall–Kier alpha value is -1.63. The lowest BCUT2D eigenvalue weighted by Crippen LogP contribution is -2.41. The van der Waals surface area contributed by atoms with Gasteiger partial charge in [0.15, 0.2) is 0 Å². The highest BCUT2D eigenvalue weighted by atomic mass is 16.9. The summed E-state index contributed by atoms with van der Waals surface area (Å²) in [6.45, 7) is 10.4. The van der Waals surface area contributed by atoms with Crippen molar-refractivity contribution in [2.75, 3.05) is 33.7 Å². The first kappa shape index (κ1) is 18.7. The van der Waals surface area contributed by atoms with Crippen LogP contribution in [0.25, 0.3) is 0 Å². The Morgan fingerprint density at radius 3 is 2.17 bits per heavy atom. The largest absolute Gasteiger partial charge is 0.356 e. The van der Waals surface area contributed by atoms with Crippen LogP contribution in [0, 0.1) is 15.3 Å². The van der Waals surface area contributed by atoms with Crippen LogP contribution in [0.15, 0.2) is 12.2 Å². The van der Waals surface area contributed by atoms with Crippen molar-refractivity contribution >= 4 is 5.91 Å². The molecular weight excluding hydrogens is 238 g/mol. The molecule has 1 N–H and O–H groups in total. The molecule has 0 spiro atoms. The number of amides is 1. The summed E-state index contributed by atoms with van der Waals surface area (Å²) < 4.78 is 1.00. The topological polar surface area (TPSA) is 95.3 Å². The normalized spacial score (nSPS) is 10.0. The molecule has 7 heteroatoms. The Labute approximate surface area is 108 Å². The first-order chi connectivity index (χ1) is 8.12. The first-order valence-corrected chi connectivity index (χ1v) is 5.69. The zero-order valence-electron chi connectivity index (χ0n) is 11.6. The molecule has 1 amide bonds. The maximum Gasteiger partial charge on any atom is 0.246 e. The van der Waals surface area contributed by atoms with E-state index in [0.717, 1.165) is 30.5 Å². The third-order valence-corrected chi connectivity index (χ3v) is 2.47. The van der Waals surface area contributed by atoms with Gasteiger partial charge in [0, 0.05) is 18.5 Å². The number of nitrogens with zero attached hydrogens (tertiary/aromatic N) is 2. The average Bonchev–Trinajstić information content (AvgIpc) is 2.23. The second-order valence-electron chi connectivity index (χ2n) is 4.59. The average molecular weight is 261 g/mol. The molecule has 18 heavy (non-hydrogen) atoms. The summed E-state index contributed by atoms with van der Waals surface area (Å²) in [6.07, 6.45) is 1.01. The lowest BCUT2D eigenvalue weighted by atomic mass is 10.3. The lowest BCUT2D eigenvalue weighted by molar-refractivity contribution is -0.888. The molecule has 106 valence electrons. The molecule has 0 aliphatic rings. The third-order valence-electron chi connectivity index (χ3n) is 2.47. The number of nitrogens with one attached hydrogen (secondary N) is 1. The van der Waals surface area contributed by atoms with Gasteiger partial charge in [0.05, 0.1) is 32.3 Å². The van der Waals surface area contributed by atoms with Crippen molar-refractivity contribution in [3.05, 3.63) is 27.5 Å². The molecule has 0 saturated heterocycles. The summed E-state index contributed by atoms with van der Waals surface area (Å²) >= 11 is 0. The fourth-order valence-electron chi connectivity index (χ4n) is 1.02. The van der Waals surface area contributed by atoms with Gasteiger partial charge in [-0.05, 0) is 13.8 Å². The van der Waals surface area contributed by atoms with Crippen LogP contribution in [0.2, 0.25) is 0 Å². The Morgan fingerprint density at radius 1 is 1.39 bits per heavy atom. The lowest BCUT2D eigenvalue weighted by Gasteiger charge is -2.28. The van der Waals surface area contributed by atoms with Gasteiger partial charge in [-0.2, -0.15) is 0 Å². The van der Waals surface area contributed by atoms with Crippen molar-refractivity contribution in [3.63, 3.8) is 0 Å². The van der Waals surface area contributed by atoms with Crippen molar-refractivity contribution in [3.8, 4) is 0 Å². The van der Waals surface area contributed by atoms with Crippen LogP contribution < -0.4 is 5.32 Å². The molecule has 0 aliphatic heterocycles. The standard InChI is InChI=1S/C11H22N2O.NO3/c1-6-13(4,5)9-7-8-12-11(14)10(2)3;2-1(3)4/h2,6-9H2,1,3-5H3;/q;-1/p+1. The van der Waals surface area contributed by atoms with Crippen LogP contribution in [0.5, 0.6) is 0 Å². The van der Waals surface area contributed by atoms with E-state index >= 15 is 0 Å². The maximum atomic E-state index is 11.1. The summed E-state index contributed by atoms with van der Waals surface area (Å²) in [6, 6.07) is 0. The summed E-state index contributed by atoms with van der Waals surface area (Å²) in [7, 11) is 4.39. The highest BCUT2D eigenvalue weighted by Crippen LogP contribution is 1.97. The number of carbonyl (C=O) groups is 1. The van der Waals surface area contributed by atoms with Gasteiger partial charge in [0.2, 0.25) is 5.91 Å². The van der Waals surface area contributed by atoms with E-state index in [0.29, 0.717) is 5.57 Å². The molecule has 0 bridgehead atoms. The molecule has 0 unspecified atom stereocenters. The van der Waals surface area contributed by atoms with E-state index in [1.165, 1.54) is 0 Å². The van der Waals surface area contributed by atoms with Crippen molar-refractivity contribution < 1.29 is 14.4 Å². The Kier molecular flexibility index (Phi) is 9.79. The van der Waals surface area contributed by atoms with Gasteiger partial charge in [-0.15, -0.1) is 0 Å². The highest BCUT2D eigenvalue weighted by Gasteiger charge is 2.10. The van der Waals surface area contributed by atoms with E-state index < -0.39 is 5.09 Å². The van der Waals surface area contributed by atoms with Gasteiger partial charge in [-0.25, -0.2) is 0 Å². The molecular formula is C11H23N3O4. The third kappa shape index (κ3) is 14.4. The van der Waals surface area contributed by atoms with Crippen LogP contribution in [-0.4, -0.2) is 49.2 Å². The predicted octanol–water partition coefficient (Wildman–Crippen LogP) is 0.926. The Bertz CT molecular complexity index is 286. The molecule has 0 saturated carbocycles. The molecule has 0 heterocycles. The van der Waals surface area contributed by atoms with Crippen LogP contribution in [0.3, 0.4) is 0 Å². The molecule has 0 fully saturated rings. The molecule has 0 aliphatic carbocycles. The molecule has 7 nitrogen and oxygen atoms in total. The van der Waals surface area contributed by atoms with E-state index in [2.05, 4.69) is 32.9 Å². The van der Waals surface area contributed by atoms with Gasteiger partial charge >= 0.3 is 0 Å². The molecule has 0 atom stereocenters. The minimum absolute atomic E-state index is 0.0354. The number of hydrogen-bond donors (Lipinski definition) is 1. The number of carbonyl (C=O) groups excluding carboxylic acids is 1. The second-order valence-corrected chi connectivity index (χ2v) is 4.59. The zero-order valence-corrected chi connectivity index (χ0v) is 11.6. The minimum atomic E-state index is -1.75. The van der Waals surface area contributed by atoms with Gasteiger partial charge in [-0.3, -0.25) is 4.79 Å². The van der Waals surface area contributed by atoms with Gasteiger partial charge in [0.25, 0.3) is 0 Å². The van der Waals surface area contributed by atoms with E-state index in [1.807, 2.05) is 0 Å². The van der Waals surface area contributed by atoms with E-state index in [9.17, 15) is 4.79 Å². The van der Waals surface area contributed by atoms with E-state index in [4.69, 9.17) is 15.3 Å². The van der Waals surface area contributed by atoms with Crippen LogP contribution >= 0.6 is 0 Å². The summed E-state index contributed by atoms with van der Waals surface area (Å²) in [5.41, 5.74) is 0.578. The molecule has 0 aromatic heterocycles. The van der Waals surface area contributed by atoms with Crippen LogP contribution in [-0.2, 0) is 4.79 Å². The summed E-state index contributed by atoms with van der Waals surface area (Å²) in [5.74, 6) is -0.0354. The highest BCUT2D eigenvalue weighted by molar-refractivity contribution is 5.91. The van der Waals surface area contributed by atoms with Gasteiger partial charge in [-0.1, -0.05) is 6.58 Å². The van der Waals surface area contributed by atoms with Gasteiger partial charge < -0.3 is 25.1 Å². The zero-order chi connectivity index (χ0) is 14.8. The van der Waals surface area contributed by atoms with Crippen molar-refractivity contribution in [2.45, 2.75) is 20.3 Å². The van der Waals surface area contributed by atoms with Crippen molar-refractivity contribution in [1.29, 1.82) is 0 Å². The Morgan fingerprint density at radius 2 is 1.83 bits per heavy atom. The van der Waals surface area contributed by atoms with Gasteiger partial charge in [0.1, 0.15) is 0 Å². The second kappa shape index (κ2) is 9.41. The predicted molar refractivity (Wildman–Crippen MR) is 70.3 cm³/mol. The monoisotopic (exact) mass is 261 g/mol. The number of hydrogen-bond acceptors (Lipinski definition) is 4. The smallest absolute Gasteiger partial charge is 0.246 e. The van der Waals surface area contributed by atoms with Crippen LogP contribution in [0.1, 0.15) is 20.3 Å². The first-order valence-electron chi connectivity index (χ1n) is 5.69. The fourth-order valence-corrected chi connectivity index (χ4v) is 1.02. The quantitative estimate of drug-likeness (QED) is 0.253. The molecule has 0 aromatic rings. The maximum absolute atomic E-state index is 11.1. The summed E-state index contributed by atoms with van der Waals surface area (Å²) in [4.78, 5) is 19.4. The fraction of sp³-hybridized carbons (Fsp3) is 0.727. The SMILES string of the molecule is C=C(C)C(=O)NCCC[N+](C)(C)CC.O=[N+]([O-])[O-]. The number of quaternary nitrogens is 1. The van der Waals surface area contributed by atoms with Crippen molar-refractivity contribution in [2.24, 2.45) is 0 Å². The van der Waals surface area contributed by atoms with E-state index in [-0.39, 0.29) is 5.91 Å². The summed E-state index contributed by atoms with van der Waals surface area (Å²) in [5, 5.41) is 17.6. The van der Waals surface area contributed by atoms with E-state index in [1.54, 1.807) is 6.92 Å². The minimum Gasteiger partial charge on any atom is -0.356 e. The molecule has 0 radical (unpaired) electrons. The number of rotatable bonds is 6. The molecule has 0 aromatic carbocycles. The van der Waals surface area contributed by atoms with Crippen LogP contribution in [0.4, 0.5) is 0 Å².